The Kier molecular flexibility index (Phi) is 4.39. The monoisotopic (exact) mass is 331 g/mol. The van der Waals surface area contributed by atoms with Gasteiger partial charge in [-0.25, -0.2) is 4.98 Å². The average molecular weight is 331 g/mol. The van der Waals surface area contributed by atoms with E-state index in [9.17, 15) is 0 Å². The summed E-state index contributed by atoms with van der Waals surface area (Å²) in [6.07, 6.45) is 7.78. The van der Waals surface area contributed by atoms with Crippen molar-refractivity contribution in [2.75, 3.05) is 19.7 Å². The van der Waals surface area contributed by atoms with Gasteiger partial charge >= 0.3 is 0 Å². The van der Waals surface area contributed by atoms with Gasteiger partial charge in [-0.15, -0.1) is 11.3 Å². The van der Waals surface area contributed by atoms with E-state index in [1.807, 2.05) is 29.9 Å². The highest BCUT2D eigenvalue weighted by atomic mass is 32.1. The molecule has 0 unspecified atom stereocenters. The predicted octanol–water partition coefficient (Wildman–Crippen LogP) is 2.49. The summed E-state index contributed by atoms with van der Waals surface area (Å²) >= 11 is 1.72. The SMILES string of the molecule is c1cncc(CO[C@H]2CO[C@]3(CCN(Cc4nccs4)C3)C2)c1. The molecule has 0 bridgehead atoms. The van der Waals surface area contributed by atoms with Crippen LogP contribution in [0, 0.1) is 0 Å². The third-order valence-corrected chi connectivity index (χ3v) is 5.39. The lowest BCUT2D eigenvalue weighted by molar-refractivity contribution is -0.000453. The van der Waals surface area contributed by atoms with E-state index in [0.717, 1.165) is 38.0 Å². The van der Waals surface area contributed by atoms with Gasteiger partial charge in [0.1, 0.15) is 5.01 Å². The largest absolute Gasteiger partial charge is 0.371 e. The Balaban J connectivity index is 1.28. The van der Waals surface area contributed by atoms with Crippen LogP contribution in [0.4, 0.5) is 0 Å². The molecule has 122 valence electrons. The molecule has 0 aliphatic carbocycles. The van der Waals surface area contributed by atoms with Gasteiger partial charge in [0.2, 0.25) is 0 Å². The molecule has 2 aliphatic heterocycles. The van der Waals surface area contributed by atoms with Gasteiger partial charge in [0.15, 0.2) is 0 Å². The van der Waals surface area contributed by atoms with Crippen LogP contribution in [0.3, 0.4) is 0 Å². The quantitative estimate of drug-likeness (QED) is 0.842. The average Bonchev–Trinajstić information content (AvgIpc) is 3.31. The van der Waals surface area contributed by atoms with Crippen LogP contribution >= 0.6 is 11.3 Å². The number of thiazole rings is 1. The second-order valence-electron chi connectivity index (χ2n) is 6.38. The lowest BCUT2D eigenvalue weighted by atomic mass is 9.98. The Morgan fingerprint density at radius 2 is 2.43 bits per heavy atom. The van der Waals surface area contributed by atoms with Crippen LogP contribution in [0.2, 0.25) is 0 Å². The van der Waals surface area contributed by atoms with E-state index in [1.165, 1.54) is 5.01 Å². The van der Waals surface area contributed by atoms with E-state index in [1.54, 1.807) is 17.5 Å². The summed E-state index contributed by atoms with van der Waals surface area (Å²) in [5, 5.41) is 3.22. The Hall–Kier alpha value is -1.34. The summed E-state index contributed by atoms with van der Waals surface area (Å²) < 4.78 is 12.2. The molecule has 1 spiro atoms. The van der Waals surface area contributed by atoms with Crippen LogP contribution in [-0.4, -0.2) is 46.3 Å². The van der Waals surface area contributed by atoms with E-state index in [0.29, 0.717) is 13.2 Å². The Bertz CT molecular complexity index is 622. The van der Waals surface area contributed by atoms with Crippen molar-refractivity contribution >= 4 is 11.3 Å². The molecule has 0 aromatic carbocycles. The fourth-order valence-electron chi connectivity index (χ4n) is 3.48. The van der Waals surface area contributed by atoms with Crippen molar-refractivity contribution in [1.29, 1.82) is 0 Å². The molecular weight excluding hydrogens is 310 g/mol. The number of hydrogen-bond donors (Lipinski definition) is 0. The third-order valence-electron chi connectivity index (χ3n) is 4.62. The standard InChI is InChI=1S/C17H21N3O2S/c1-2-14(9-18-4-1)11-21-15-8-17(22-12-15)3-6-20(13-17)10-16-19-5-7-23-16/h1-2,4-5,7,9,15H,3,6,8,10-13H2/t15-,17-/m1/s1. The van der Waals surface area contributed by atoms with Crippen molar-refractivity contribution in [3.05, 3.63) is 46.7 Å². The maximum absolute atomic E-state index is 6.15. The van der Waals surface area contributed by atoms with Crippen LogP contribution in [0.15, 0.2) is 36.1 Å². The number of aromatic nitrogens is 2. The normalized spacial score (nSPS) is 27.9. The van der Waals surface area contributed by atoms with Crippen LogP contribution in [-0.2, 0) is 22.6 Å². The van der Waals surface area contributed by atoms with Crippen LogP contribution in [0.25, 0.3) is 0 Å². The molecule has 2 aliphatic rings. The number of likely N-dealkylation sites (tertiary alicyclic amines) is 1. The van der Waals surface area contributed by atoms with Crippen LogP contribution in [0.5, 0.6) is 0 Å². The fourth-order valence-corrected chi connectivity index (χ4v) is 4.13. The lowest BCUT2D eigenvalue weighted by Gasteiger charge is -2.23. The summed E-state index contributed by atoms with van der Waals surface area (Å²) in [5.41, 5.74) is 1.10. The van der Waals surface area contributed by atoms with Gasteiger partial charge in [-0.3, -0.25) is 9.88 Å². The first kappa shape index (κ1) is 15.2. The molecular formula is C17H21N3O2S. The molecule has 0 radical (unpaired) electrons. The van der Waals surface area contributed by atoms with E-state index in [2.05, 4.69) is 14.9 Å². The molecule has 2 aromatic rings. The minimum Gasteiger partial charge on any atom is -0.371 e. The van der Waals surface area contributed by atoms with Gasteiger partial charge in [-0.1, -0.05) is 6.07 Å². The molecule has 0 amide bonds. The molecule has 2 atom stereocenters. The molecule has 2 saturated heterocycles. The first-order chi connectivity index (χ1) is 11.3. The van der Waals surface area contributed by atoms with Gasteiger partial charge in [0.05, 0.1) is 31.5 Å². The van der Waals surface area contributed by atoms with E-state index in [4.69, 9.17) is 9.47 Å². The van der Waals surface area contributed by atoms with Crippen LogP contribution < -0.4 is 0 Å². The maximum Gasteiger partial charge on any atom is 0.107 e. The second-order valence-corrected chi connectivity index (χ2v) is 7.36. The highest BCUT2D eigenvalue weighted by Gasteiger charge is 2.45. The highest BCUT2D eigenvalue weighted by Crippen LogP contribution is 2.37. The third kappa shape index (κ3) is 3.61. The summed E-state index contributed by atoms with van der Waals surface area (Å²) in [5.74, 6) is 0. The van der Waals surface area contributed by atoms with Crippen molar-refractivity contribution in [3.8, 4) is 0 Å². The highest BCUT2D eigenvalue weighted by molar-refractivity contribution is 7.09. The number of nitrogens with zero attached hydrogens (tertiary/aromatic N) is 3. The molecule has 6 heteroatoms. The zero-order chi connectivity index (χ0) is 15.5. The molecule has 4 rings (SSSR count). The van der Waals surface area contributed by atoms with E-state index >= 15 is 0 Å². The van der Waals surface area contributed by atoms with Gasteiger partial charge < -0.3 is 9.47 Å². The molecule has 0 saturated carbocycles. The van der Waals surface area contributed by atoms with E-state index < -0.39 is 0 Å². The first-order valence-corrected chi connectivity index (χ1v) is 8.95. The Morgan fingerprint density at radius 3 is 3.26 bits per heavy atom. The van der Waals surface area contributed by atoms with Crippen molar-refractivity contribution in [2.24, 2.45) is 0 Å². The van der Waals surface area contributed by atoms with E-state index in [-0.39, 0.29) is 11.7 Å². The molecule has 0 N–H and O–H groups in total. The zero-order valence-corrected chi connectivity index (χ0v) is 13.9. The first-order valence-electron chi connectivity index (χ1n) is 8.07. The van der Waals surface area contributed by atoms with Crippen molar-refractivity contribution in [1.82, 2.24) is 14.9 Å². The summed E-state index contributed by atoms with van der Waals surface area (Å²) in [7, 11) is 0. The fraction of sp³-hybridized carbons (Fsp3) is 0.529. The van der Waals surface area contributed by atoms with Crippen LogP contribution in [0.1, 0.15) is 23.4 Å². The van der Waals surface area contributed by atoms with Gasteiger partial charge in [0, 0.05) is 43.5 Å². The van der Waals surface area contributed by atoms with Gasteiger partial charge in [-0.2, -0.15) is 0 Å². The number of hydrogen-bond acceptors (Lipinski definition) is 6. The molecule has 4 heterocycles. The molecule has 2 fully saturated rings. The van der Waals surface area contributed by atoms with Crippen molar-refractivity contribution in [3.63, 3.8) is 0 Å². The van der Waals surface area contributed by atoms with Gasteiger partial charge in [-0.05, 0) is 18.1 Å². The molecule has 5 nitrogen and oxygen atoms in total. The number of pyridine rings is 1. The number of rotatable bonds is 5. The van der Waals surface area contributed by atoms with Crippen molar-refractivity contribution in [2.45, 2.75) is 37.7 Å². The molecule has 2 aromatic heterocycles. The Labute approximate surface area is 140 Å². The summed E-state index contributed by atoms with van der Waals surface area (Å²) in [6.45, 7) is 4.31. The lowest BCUT2D eigenvalue weighted by Crippen LogP contribution is -2.32. The topological polar surface area (TPSA) is 47.5 Å². The Morgan fingerprint density at radius 1 is 1.43 bits per heavy atom. The van der Waals surface area contributed by atoms with Crippen molar-refractivity contribution < 1.29 is 9.47 Å². The maximum atomic E-state index is 6.15. The predicted molar refractivity (Wildman–Crippen MR) is 88.1 cm³/mol. The second kappa shape index (κ2) is 6.65. The van der Waals surface area contributed by atoms with Gasteiger partial charge in [0.25, 0.3) is 0 Å². The number of ether oxygens (including phenoxy) is 2. The smallest absolute Gasteiger partial charge is 0.107 e. The zero-order valence-electron chi connectivity index (χ0n) is 13.1. The summed E-state index contributed by atoms with van der Waals surface area (Å²) in [4.78, 5) is 10.9. The minimum absolute atomic E-state index is 0.0170. The molecule has 23 heavy (non-hydrogen) atoms. The summed E-state index contributed by atoms with van der Waals surface area (Å²) in [6, 6.07) is 3.99. The minimum atomic E-state index is -0.0170.